The van der Waals surface area contributed by atoms with E-state index in [0.717, 1.165) is 24.8 Å². The molecule has 0 saturated heterocycles. The smallest absolute Gasteiger partial charge is 0.303 e. The second-order valence-electron chi connectivity index (χ2n) is 9.69. The Hall–Kier alpha value is -2.24. The SMILES string of the molecule is CC1(C(O)(C/C=C/[C@H]2[C@H](O)CC(=O)[C@@H]2C/C=C\CCCC(=O)O)c2ccccc2)CCC1. The highest BCUT2D eigenvalue weighted by atomic mass is 16.4. The molecule has 1 aromatic carbocycles. The number of aliphatic hydroxyl groups excluding tert-OH is 1. The van der Waals surface area contributed by atoms with E-state index in [9.17, 15) is 19.8 Å². The maximum absolute atomic E-state index is 12.4. The van der Waals surface area contributed by atoms with Crippen LogP contribution in [0.5, 0.6) is 0 Å². The van der Waals surface area contributed by atoms with Gasteiger partial charge in [0.25, 0.3) is 0 Å². The normalized spacial score (nSPS) is 27.0. The highest BCUT2D eigenvalue weighted by Crippen LogP contribution is 2.55. The number of carbonyl (C=O) groups excluding carboxylic acids is 1. The van der Waals surface area contributed by atoms with Gasteiger partial charge in [-0.3, -0.25) is 9.59 Å². The molecule has 3 N–H and O–H groups in total. The van der Waals surface area contributed by atoms with Crippen LogP contribution in [-0.2, 0) is 15.2 Å². The predicted molar refractivity (Wildman–Crippen MR) is 124 cm³/mol. The molecule has 2 aliphatic rings. The molecule has 0 amide bonds. The second kappa shape index (κ2) is 10.6. The van der Waals surface area contributed by atoms with Gasteiger partial charge in [-0.1, -0.05) is 68.0 Å². The fourth-order valence-electron chi connectivity index (χ4n) is 5.20. The van der Waals surface area contributed by atoms with Crippen LogP contribution >= 0.6 is 0 Å². The molecule has 0 heterocycles. The summed E-state index contributed by atoms with van der Waals surface area (Å²) in [5.41, 5.74) is -0.243. The Labute approximate surface area is 190 Å². The van der Waals surface area contributed by atoms with Crippen molar-refractivity contribution < 1.29 is 24.9 Å². The number of carboxylic acid groups (broad SMARTS) is 1. The van der Waals surface area contributed by atoms with Crippen molar-refractivity contribution in [2.24, 2.45) is 17.3 Å². The van der Waals surface area contributed by atoms with Crippen molar-refractivity contribution in [2.75, 3.05) is 0 Å². The van der Waals surface area contributed by atoms with Crippen molar-refractivity contribution in [3.63, 3.8) is 0 Å². The zero-order valence-corrected chi connectivity index (χ0v) is 19.0. The molecular formula is C27H36O5. The van der Waals surface area contributed by atoms with E-state index in [4.69, 9.17) is 5.11 Å². The van der Waals surface area contributed by atoms with E-state index in [0.29, 0.717) is 25.7 Å². The summed E-state index contributed by atoms with van der Waals surface area (Å²) in [6, 6.07) is 9.80. The molecular weight excluding hydrogens is 404 g/mol. The van der Waals surface area contributed by atoms with Gasteiger partial charge in [0.15, 0.2) is 0 Å². The van der Waals surface area contributed by atoms with Crippen molar-refractivity contribution in [1.29, 1.82) is 0 Å². The lowest BCUT2D eigenvalue weighted by molar-refractivity contribution is -0.137. The Bertz CT molecular complexity index is 839. The first-order valence-electron chi connectivity index (χ1n) is 11.8. The fourth-order valence-corrected chi connectivity index (χ4v) is 5.20. The molecule has 0 spiro atoms. The third kappa shape index (κ3) is 5.38. The summed E-state index contributed by atoms with van der Waals surface area (Å²) in [5.74, 6) is -1.28. The summed E-state index contributed by atoms with van der Waals surface area (Å²) in [6.45, 7) is 2.14. The molecule has 2 aliphatic carbocycles. The van der Waals surface area contributed by atoms with Gasteiger partial charge >= 0.3 is 5.97 Å². The molecule has 5 nitrogen and oxygen atoms in total. The first-order chi connectivity index (χ1) is 15.3. The molecule has 3 rings (SSSR count). The maximum Gasteiger partial charge on any atom is 0.303 e. The van der Waals surface area contributed by atoms with E-state index < -0.39 is 17.7 Å². The van der Waals surface area contributed by atoms with Crippen LogP contribution in [0.2, 0.25) is 0 Å². The van der Waals surface area contributed by atoms with Gasteiger partial charge in [-0.2, -0.15) is 0 Å². The quantitative estimate of drug-likeness (QED) is 0.340. The molecule has 32 heavy (non-hydrogen) atoms. The molecule has 0 aliphatic heterocycles. The van der Waals surface area contributed by atoms with Crippen molar-refractivity contribution in [1.82, 2.24) is 0 Å². The number of allylic oxidation sites excluding steroid dienone is 2. The average Bonchev–Trinajstić information content (AvgIpc) is 3.01. The standard InChI is InChI=1S/C27H36O5/c1-26(16-10-17-26)27(32,20-11-5-4-6-12-20)18-9-14-22-21(23(28)19-24(22)29)13-7-2-3-8-15-25(30)31/h2,4-7,9,11-12,14,21-22,24,29,32H,3,8,10,13,15-19H2,1H3,(H,30,31)/b7-2-,14-9+/t21-,22-,24-,27?/m1/s1. The number of hydrogen-bond donors (Lipinski definition) is 3. The molecule has 2 fully saturated rings. The third-order valence-electron chi connectivity index (χ3n) is 7.53. The van der Waals surface area contributed by atoms with E-state index in [2.05, 4.69) is 6.92 Å². The Morgan fingerprint density at radius 1 is 1.19 bits per heavy atom. The zero-order valence-electron chi connectivity index (χ0n) is 19.0. The van der Waals surface area contributed by atoms with Crippen LogP contribution in [0.15, 0.2) is 54.6 Å². The zero-order chi connectivity index (χ0) is 23.2. The van der Waals surface area contributed by atoms with Crippen molar-refractivity contribution in [3.05, 3.63) is 60.2 Å². The predicted octanol–water partition coefficient (Wildman–Crippen LogP) is 4.78. The molecule has 1 unspecified atom stereocenters. The molecule has 0 bridgehead atoms. The minimum absolute atomic E-state index is 0.0617. The number of carbonyl (C=O) groups is 2. The van der Waals surface area contributed by atoms with Gasteiger partial charge in [-0.25, -0.2) is 0 Å². The number of aliphatic carboxylic acids is 1. The van der Waals surface area contributed by atoms with Gasteiger partial charge in [0.1, 0.15) is 5.78 Å². The van der Waals surface area contributed by atoms with Crippen molar-refractivity contribution in [2.45, 2.75) is 76.4 Å². The largest absolute Gasteiger partial charge is 0.481 e. The van der Waals surface area contributed by atoms with Crippen molar-refractivity contribution >= 4 is 11.8 Å². The number of ketones is 1. The number of hydrogen-bond acceptors (Lipinski definition) is 4. The summed E-state index contributed by atoms with van der Waals surface area (Å²) in [6.07, 6.45) is 12.6. The van der Waals surface area contributed by atoms with Crippen LogP contribution in [-0.4, -0.2) is 33.2 Å². The van der Waals surface area contributed by atoms with Gasteiger partial charge in [0, 0.05) is 30.1 Å². The Morgan fingerprint density at radius 2 is 1.91 bits per heavy atom. The minimum Gasteiger partial charge on any atom is -0.481 e. The van der Waals surface area contributed by atoms with Crippen LogP contribution in [0, 0.1) is 17.3 Å². The van der Waals surface area contributed by atoms with E-state index in [-0.39, 0.29) is 35.9 Å². The van der Waals surface area contributed by atoms with Gasteiger partial charge in [0.05, 0.1) is 11.7 Å². The minimum atomic E-state index is -0.976. The highest BCUT2D eigenvalue weighted by Gasteiger charge is 2.50. The first-order valence-corrected chi connectivity index (χ1v) is 11.8. The second-order valence-corrected chi connectivity index (χ2v) is 9.69. The van der Waals surface area contributed by atoms with Gasteiger partial charge in [-0.05, 0) is 44.1 Å². The lowest BCUT2D eigenvalue weighted by Gasteiger charge is -2.51. The first kappa shape index (κ1) is 24.4. The molecule has 4 atom stereocenters. The fraction of sp³-hybridized carbons (Fsp3) is 0.556. The topological polar surface area (TPSA) is 94.8 Å². The van der Waals surface area contributed by atoms with Crippen LogP contribution in [0.25, 0.3) is 0 Å². The number of benzene rings is 1. The summed E-state index contributed by atoms with van der Waals surface area (Å²) in [7, 11) is 0. The van der Waals surface area contributed by atoms with Crippen LogP contribution in [0.4, 0.5) is 0 Å². The maximum atomic E-state index is 12.4. The van der Waals surface area contributed by atoms with E-state index in [1.165, 1.54) is 0 Å². The lowest BCUT2D eigenvalue weighted by Crippen LogP contribution is -2.48. The van der Waals surface area contributed by atoms with Gasteiger partial charge in [0.2, 0.25) is 0 Å². The number of carboxylic acids is 1. The summed E-state index contributed by atoms with van der Waals surface area (Å²) in [4.78, 5) is 23.0. The molecule has 2 saturated carbocycles. The molecule has 5 heteroatoms. The van der Waals surface area contributed by atoms with Gasteiger partial charge in [-0.15, -0.1) is 0 Å². The highest BCUT2D eigenvalue weighted by molar-refractivity contribution is 5.84. The third-order valence-corrected chi connectivity index (χ3v) is 7.53. The number of unbranched alkanes of at least 4 members (excludes halogenated alkanes) is 1. The Kier molecular flexibility index (Phi) is 8.07. The monoisotopic (exact) mass is 440 g/mol. The summed E-state index contributed by atoms with van der Waals surface area (Å²) >= 11 is 0. The van der Waals surface area contributed by atoms with E-state index in [1.807, 2.05) is 54.6 Å². The number of aliphatic hydroxyl groups is 2. The van der Waals surface area contributed by atoms with Gasteiger partial charge < -0.3 is 15.3 Å². The van der Waals surface area contributed by atoms with Crippen LogP contribution in [0.3, 0.4) is 0 Å². The van der Waals surface area contributed by atoms with E-state index in [1.54, 1.807) is 0 Å². The number of rotatable bonds is 11. The van der Waals surface area contributed by atoms with Crippen LogP contribution in [0.1, 0.15) is 70.3 Å². The summed E-state index contributed by atoms with van der Waals surface area (Å²) in [5, 5.41) is 30.9. The molecule has 0 aromatic heterocycles. The average molecular weight is 441 g/mol. The van der Waals surface area contributed by atoms with Crippen LogP contribution < -0.4 is 0 Å². The summed E-state index contributed by atoms with van der Waals surface area (Å²) < 4.78 is 0. The number of Topliss-reactive ketones (excluding diaryl/α,β-unsaturated/α-hetero) is 1. The Balaban J connectivity index is 1.66. The molecule has 174 valence electrons. The molecule has 1 aromatic rings. The Morgan fingerprint density at radius 3 is 2.53 bits per heavy atom. The lowest BCUT2D eigenvalue weighted by atomic mass is 9.57. The van der Waals surface area contributed by atoms with Crippen molar-refractivity contribution in [3.8, 4) is 0 Å². The van der Waals surface area contributed by atoms with E-state index >= 15 is 0 Å². The molecule has 0 radical (unpaired) electrons.